The first-order valence-corrected chi connectivity index (χ1v) is 9.31. The number of rotatable bonds is 5. The molecule has 28 heavy (non-hydrogen) atoms. The van der Waals surface area contributed by atoms with Crippen LogP contribution in [0.2, 0.25) is 5.02 Å². The molecule has 0 aliphatic rings. The minimum absolute atomic E-state index is 0.315. The Hall–Kier alpha value is -2.90. The number of nitrogens with one attached hydrogen (secondary N) is 2. The number of anilines is 2. The predicted molar refractivity (Wildman–Crippen MR) is 112 cm³/mol. The second-order valence-corrected chi connectivity index (χ2v) is 7.01. The Bertz CT molecular complexity index is 1030. The van der Waals surface area contributed by atoms with Crippen LogP contribution in [0.15, 0.2) is 65.4 Å². The summed E-state index contributed by atoms with van der Waals surface area (Å²) < 4.78 is 6.12. The van der Waals surface area contributed by atoms with E-state index in [1.54, 1.807) is 54.7 Å². The van der Waals surface area contributed by atoms with Crippen molar-refractivity contribution < 1.29 is 14.3 Å². The van der Waals surface area contributed by atoms with E-state index in [4.69, 9.17) is 16.3 Å². The molecule has 0 spiro atoms. The molecule has 0 saturated heterocycles. The average molecular weight is 461 g/mol. The average Bonchev–Trinajstić information content (AvgIpc) is 2.69. The van der Waals surface area contributed by atoms with Crippen molar-refractivity contribution in [3.8, 4) is 5.75 Å². The van der Waals surface area contributed by atoms with Crippen molar-refractivity contribution in [1.29, 1.82) is 0 Å². The molecule has 0 saturated carbocycles. The first-order valence-electron chi connectivity index (χ1n) is 8.14. The number of amides is 2. The number of hydrogen-bond donors (Lipinski definition) is 2. The maximum absolute atomic E-state index is 12.5. The topological polar surface area (TPSA) is 80.3 Å². The third kappa shape index (κ3) is 4.68. The molecular formula is C20H15BrClN3O3. The number of hydrogen-bond acceptors (Lipinski definition) is 4. The van der Waals surface area contributed by atoms with Crippen LogP contribution in [0.25, 0.3) is 0 Å². The van der Waals surface area contributed by atoms with Crippen molar-refractivity contribution >= 4 is 50.7 Å². The van der Waals surface area contributed by atoms with Gasteiger partial charge in [0.2, 0.25) is 0 Å². The van der Waals surface area contributed by atoms with Gasteiger partial charge < -0.3 is 15.4 Å². The molecule has 0 fully saturated rings. The largest absolute Gasteiger partial charge is 0.494 e. The lowest BCUT2D eigenvalue weighted by Gasteiger charge is -2.13. The Morgan fingerprint density at radius 2 is 1.89 bits per heavy atom. The molecule has 2 N–H and O–H groups in total. The van der Waals surface area contributed by atoms with Crippen LogP contribution in [0.1, 0.15) is 20.7 Å². The van der Waals surface area contributed by atoms with Gasteiger partial charge in [-0.25, -0.2) is 0 Å². The molecule has 6 nitrogen and oxygen atoms in total. The fourth-order valence-corrected chi connectivity index (χ4v) is 3.20. The van der Waals surface area contributed by atoms with Gasteiger partial charge in [-0.2, -0.15) is 0 Å². The van der Waals surface area contributed by atoms with Crippen LogP contribution in [0, 0.1) is 0 Å². The van der Waals surface area contributed by atoms with Crippen molar-refractivity contribution in [2.75, 3.05) is 17.7 Å². The highest BCUT2D eigenvalue weighted by Crippen LogP contribution is 2.29. The van der Waals surface area contributed by atoms with E-state index >= 15 is 0 Å². The smallest absolute Gasteiger partial charge is 0.257 e. The number of halogens is 2. The maximum atomic E-state index is 12.5. The number of carbonyl (C=O) groups is 2. The second-order valence-electron chi connectivity index (χ2n) is 5.69. The monoisotopic (exact) mass is 459 g/mol. The number of carbonyl (C=O) groups excluding carboxylic acids is 2. The van der Waals surface area contributed by atoms with Crippen LogP contribution in [0.4, 0.5) is 11.4 Å². The molecule has 2 amide bonds. The molecule has 0 bridgehead atoms. The van der Waals surface area contributed by atoms with E-state index in [1.807, 2.05) is 0 Å². The third-order valence-corrected chi connectivity index (χ3v) is 4.61. The molecule has 3 rings (SSSR count). The summed E-state index contributed by atoms with van der Waals surface area (Å²) in [6.07, 6.45) is 3.06. The zero-order valence-corrected chi connectivity index (χ0v) is 17.0. The quantitative estimate of drug-likeness (QED) is 0.561. The summed E-state index contributed by atoms with van der Waals surface area (Å²) >= 11 is 9.43. The number of aromatic nitrogens is 1. The van der Waals surface area contributed by atoms with Gasteiger partial charge >= 0.3 is 0 Å². The zero-order valence-electron chi connectivity index (χ0n) is 14.7. The lowest BCUT2D eigenvalue weighted by Crippen LogP contribution is -2.14. The normalized spacial score (nSPS) is 10.2. The van der Waals surface area contributed by atoms with Gasteiger partial charge in [0.15, 0.2) is 0 Å². The summed E-state index contributed by atoms with van der Waals surface area (Å²) in [5.41, 5.74) is 1.74. The Kier molecular flexibility index (Phi) is 6.28. The summed E-state index contributed by atoms with van der Waals surface area (Å²) in [7, 11) is 1.48. The van der Waals surface area contributed by atoms with E-state index < -0.39 is 0 Å². The fourth-order valence-electron chi connectivity index (χ4n) is 2.44. The molecule has 0 radical (unpaired) electrons. The number of methoxy groups -OCH3 is 1. The molecule has 0 aliphatic heterocycles. The van der Waals surface area contributed by atoms with Crippen LogP contribution in [-0.2, 0) is 0 Å². The lowest BCUT2D eigenvalue weighted by atomic mass is 10.2. The molecule has 142 valence electrons. The molecule has 0 atom stereocenters. The molecule has 8 heteroatoms. The minimum Gasteiger partial charge on any atom is -0.494 e. The summed E-state index contributed by atoms with van der Waals surface area (Å²) in [5, 5.41) is 5.86. The minimum atomic E-state index is -0.355. The van der Waals surface area contributed by atoms with Crippen LogP contribution < -0.4 is 15.4 Å². The fraction of sp³-hybridized carbons (Fsp3) is 0.0500. The number of ether oxygens (including phenoxy) is 1. The van der Waals surface area contributed by atoms with Crippen LogP contribution in [0.3, 0.4) is 0 Å². The standard InChI is InChI=1S/C20H15BrClN3O3/c1-28-18-10-14(24-20(27)15-6-4-13(21)9-16(15)22)5-7-17(18)25-19(26)12-3-2-8-23-11-12/h2-11H,1H3,(H,24,27)(H,25,26). The van der Waals surface area contributed by atoms with Gasteiger partial charge in [0.05, 0.1) is 28.9 Å². The number of pyridine rings is 1. The highest BCUT2D eigenvalue weighted by molar-refractivity contribution is 9.10. The number of nitrogens with zero attached hydrogens (tertiary/aromatic N) is 1. The highest BCUT2D eigenvalue weighted by Gasteiger charge is 2.14. The zero-order chi connectivity index (χ0) is 20.1. The van der Waals surface area contributed by atoms with E-state index in [2.05, 4.69) is 31.5 Å². The molecular weight excluding hydrogens is 446 g/mol. The highest BCUT2D eigenvalue weighted by atomic mass is 79.9. The van der Waals surface area contributed by atoms with Gasteiger partial charge in [0.1, 0.15) is 5.75 Å². The van der Waals surface area contributed by atoms with Gasteiger partial charge in [-0.3, -0.25) is 14.6 Å². The van der Waals surface area contributed by atoms with Crippen LogP contribution in [-0.4, -0.2) is 23.9 Å². The van der Waals surface area contributed by atoms with Crippen molar-refractivity contribution in [2.45, 2.75) is 0 Å². The Labute approximate surface area is 175 Å². The number of benzene rings is 2. The van der Waals surface area contributed by atoms with Gasteiger partial charge in [-0.1, -0.05) is 27.5 Å². The Morgan fingerprint density at radius 1 is 1.07 bits per heavy atom. The van der Waals surface area contributed by atoms with Crippen molar-refractivity contribution in [1.82, 2.24) is 4.98 Å². The first-order chi connectivity index (χ1) is 13.5. The van der Waals surface area contributed by atoms with E-state index in [0.29, 0.717) is 33.3 Å². The summed E-state index contributed by atoms with van der Waals surface area (Å²) in [6, 6.07) is 13.3. The molecule has 1 aromatic heterocycles. The summed E-state index contributed by atoms with van der Waals surface area (Å²) in [5.74, 6) is -0.270. The van der Waals surface area contributed by atoms with E-state index in [9.17, 15) is 9.59 Å². The Balaban J connectivity index is 1.77. The van der Waals surface area contributed by atoms with Gasteiger partial charge in [0, 0.05) is 28.6 Å². The second kappa shape index (κ2) is 8.86. The third-order valence-electron chi connectivity index (χ3n) is 3.81. The van der Waals surface area contributed by atoms with Crippen molar-refractivity contribution in [3.63, 3.8) is 0 Å². The van der Waals surface area contributed by atoms with Gasteiger partial charge in [-0.15, -0.1) is 0 Å². The van der Waals surface area contributed by atoms with Crippen molar-refractivity contribution in [3.05, 3.63) is 81.5 Å². The van der Waals surface area contributed by atoms with E-state index in [-0.39, 0.29) is 11.8 Å². The molecule has 1 heterocycles. The SMILES string of the molecule is COc1cc(NC(=O)c2ccc(Br)cc2Cl)ccc1NC(=O)c1cccnc1. The van der Waals surface area contributed by atoms with E-state index in [0.717, 1.165) is 4.47 Å². The van der Waals surface area contributed by atoms with Gasteiger partial charge in [-0.05, 0) is 42.5 Å². The van der Waals surface area contributed by atoms with Crippen LogP contribution in [0.5, 0.6) is 5.75 Å². The first kappa shape index (κ1) is 19.9. The van der Waals surface area contributed by atoms with Crippen LogP contribution >= 0.6 is 27.5 Å². The molecule has 3 aromatic rings. The van der Waals surface area contributed by atoms with Crippen molar-refractivity contribution in [2.24, 2.45) is 0 Å². The molecule has 0 unspecified atom stereocenters. The predicted octanol–water partition coefficient (Wildman–Crippen LogP) is 5.01. The summed E-state index contributed by atoms with van der Waals surface area (Å²) in [6.45, 7) is 0. The lowest BCUT2D eigenvalue weighted by molar-refractivity contribution is 0.101. The maximum Gasteiger partial charge on any atom is 0.257 e. The van der Waals surface area contributed by atoms with Gasteiger partial charge in [0.25, 0.3) is 11.8 Å². The molecule has 0 aliphatic carbocycles. The molecule has 2 aromatic carbocycles. The van der Waals surface area contributed by atoms with E-state index in [1.165, 1.54) is 13.3 Å². The summed E-state index contributed by atoms with van der Waals surface area (Å²) in [4.78, 5) is 28.7. The Morgan fingerprint density at radius 3 is 2.57 bits per heavy atom.